The van der Waals surface area contributed by atoms with Gasteiger partial charge < -0.3 is 9.84 Å². The highest BCUT2D eigenvalue weighted by Gasteiger charge is 2.14. The summed E-state index contributed by atoms with van der Waals surface area (Å²) in [5.41, 5.74) is 0.411. The standard InChI is InChI=1S/C15H19FO3/c16-14-7-6-12(8-13(14)15(17)18)10-19-9-11-4-2-1-3-5-11/h6-8,11H,1-5,9-10H2,(H,17,18). The normalized spacial score (nSPS) is 16.5. The molecule has 0 aromatic heterocycles. The molecule has 1 fully saturated rings. The lowest BCUT2D eigenvalue weighted by molar-refractivity contribution is 0.0686. The Bertz CT molecular complexity index is 439. The summed E-state index contributed by atoms with van der Waals surface area (Å²) in [6, 6.07) is 4.10. The van der Waals surface area contributed by atoms with Gasteiger partial charge in [-0.3, -0.25) is 0 Å². The fraction of sp³-hybridized carbons (Fsp3) is 0.533. The number of rotatable bonds is 5. The molecule has 1 aromatic carbocycles. The summed E-state index contributed by atoms with van der Waals surface area (Å²) in [5, 5.41) is 8.84. The maximum Gasteiger partial charge on any atom is 0.338 e. The Morgan fingerprint density at radius 1 is 1.32 bits per heavy atom. The van der Waals surface area contributed by atoms with Crippen LogP contribution in [0.1, 0.15) is 48.0 Å². The summed E-state index contributed by atoms with van der Waals surface area (Å²) in [5.74, 6) is -1.33. The number of hydrogen-bond donors (Lipinski definition) is 1. The number of carboxylic acid groups (broad SMARTS) is 1. The van der Waals surface area contributed by atoms with E-state index in [1.54, 1.807) is 6.07 Å². The number of benzene rings is 1. The van der Waals surface area contributed by atoms with Crippen LogP contribution in [-0.4, -0.2) is 17.7 Å². The van der Waals surface area contributed by atoms with E-state index in [1.807, 2.05) is 0 Å². The predicted octanol–water partition coefficient (Wildman–Crippen LogP) is 3.62. The average Bonchev–Trinajstić information content (AvgIpc) is 2.41. The van der Waals surface area contributed by atoms with E-state index >= 15 is 0 Å². The van der Waals surface area contributed by atoms with Gasteiger partial charge in [-0.25, -0.2) is 9.18 Å². The van der Waals surface area contributed by atoms with Crippen molar-refractivity contribution >= 4 is 5.97 Å². The summed E-state index contributed by atoms with van der Waals surface area (Å²) in [7, 11) is 0. The van der Waals surface area contributed by atoms with Crippen LogP contribution in [0, 0.1) is 11.7 Å². The Kier molecular flexibility index (Phi) is 4.91. The number of hydrogen-bond acceptors (Lipinski definition) is 2. The molecule has 19 heavy (non-hydrogen) atoms. The van der Waals surface area contributed by atoms with Gasteiger partial charge in [0.15, 0.2) is 0 Å². The average molecular weight is 266 g/mol. The summed E-state index contributed by atoms with van der Waals surface area (Å²) >= 11 is 0. The Morgan fingerprint density at radius 3 is 2.74 bits per heavy atom. The second-order valence-corrected chi connectivity index (χ2v) is 5.14. The van der Waals surface area contributed by atoms with E-state index in [0.29, 0.717) is 24.7 Å². The van der Waals surface area contributed by atoms with Crippen LogP contribution in [0.15, 0.2) is 18.2 Å². The second kappa shape index (κ2) is 6.66. The van der Waals surface area contributed by atoms with Crippen LogP contribution in [0.3, 0.4) is 0 Å². The van der Waals surface area contributed by atoms with E-state index in [0.717, 1.165) is 0 Å². The van der Waals surface area contributed by atoms with Crippen molar-refractivity contribution in [2.24, 2.45) is 5.92 Å². The van der Waals surface area contributed by atoms with Gasteiger partial charge in [0.2, 0.25) is 0 Å². The molecule has 3 nitrogen and oxygen atoms in total. The van der Waals surface area contributed by atoms with Crippen molar-refractivity contribution in [2.75, 3.05) is 6.61 Å². The smallest absolute Gasteiger partial charge is 0.338 e. The third-order valence-corrected chi connectivity index (χ3v) is 3.61. The third-order valence-electron chi connectivity index (χ3n) is 3.61. The molecule has 0 bridgehead atoms. The van der Waals surface area contributed by atoms with Crippen molar-refractivity contribution in [2.45, 2.75) is 38.7 Å². The lowest BCUT2D eigenvalue weighted by Gasteiger charge is -2.21. The van der Waals surface area contributed by atoms with Gasteiger partial charge in [-0.15, -0.1) is 0 Å². The van der Waals surface area contributed by atoms with Gasteiger partial charge in [-0.2, -0.15) is 0 Å². The molecule has 4 heteroatoms. The third kappa shape index (κ3) is 4.03. The molecule has 0 spiro atoms. The molecule has 0 saturated heterocycles. The van der Waals surface area contributed by atoms with Gasteiger partial charge >= 0.3 is 5.97 Å². The minimum absolute atomic E-state index is 0.293. The predicted molar refractivity (Wildman–Crippen MR) is 69.6 cm³/mol. The molecule has 104 valence electrons. The Labute approximate surface area is 112 Å². The van der Waals surface area contributed by atoms with Gasteiger partial charge in [0.05, 0.1) is 12.2 Å². The highest BCUT2D eigenvalue weighted by molar-refractivity contribution is 5.88. The molecule has 1 aliphatic carbocycles. The largest absolute Gasteiger partial charge is 0.478 e. The van der Waals surface area contributed by atoms with Crippen molar-refractivity contribution in [3.05, 3.63) is 35.1 Å². The van der Waals surface area contributed by atoms with Gasteiger partial charge in [0.1, 0.15) is 5.82 Å². The summed E-state index contributed by atoms with van der Waals surface area (Å²) in [6.07, 6.45) is 6.28. The highest BCUT2D eigenvalue weighted by atomic mass is 19.1. The van der Waals surface area contributed by atoms with Crippen molar-refractivity contribution in [1.82, 2.24) is 0 Å². The monoisotopic (exact) mass is 266 g/mol. The highest BCUT2D eigenvalue weighted by Crippen LogP contribution is 2.24. The lowest BCUT2D eigenvalue weighted by Crippen LogP contribution is -2.13. The molecule has 0 radical (unpaired) electrons. The van der Waals surface area contributed by atoms with Crippen molar-refractivity contribution in [3.63, 3.8) is 0 Å². The first-order valence-electron chi connectivity index (χ1n) is 6.76. The van der Waals surface area contributed by atoms with Crippen molar-refractivity contribution in [3.8, 4) is 0 Å². The maximum absolute atomic E-state index is 13.2. The molecular formula is C15H19FO3. The lowest BCUT2D eigenvalue weighted by atomic mass is 9.90. The van der Waals surface area contributed by atoms with Crippen molar-refractivity contribution < 1.29 is 19.0 Å². The Morgan fingerprint density at radius 2 is 2.05 bits per heavy atom. The topological polar surface area (TPSA) is 46.5 Å². The molecule has 1 aliphatic rings. The van der Waals surface area contributed by atoms with Gasteiger partial charge in [-0.1, -0.05) is 25.3 Å². The van der Waals surface area contributed by atoms with E-state index in [1.165, 1.54) is 44.2 Å². The molecule has 0 aliphatic heterocycles. The van der Waals surface area contributed by atoms with Crippen molar-refractivity contribution in [1.29, 1.82) is 0 Å². The minimum atomic E-state index is -1.24. The summed E-state index contributed by atoms with van der Waals surface area (Å²) in [4.78, 5) is 10.8. The Balaban J connectivity index is 1.85. The molecule has 0 atom stereocenters. The van der Waals surface area contributed by atoms with E-state index < -0.39 is 11.8 Å². The number of carbonyl (C=O) groups is 1. The number of aromatic carboxylic acids is 1. The zero-order valence-corrected chi connectivity index (χ0v) is 10.9. The minimum Gasteiger partial charge on any atom is -0.478 e. The fourth-order valence-corrected chi connectivity index (χ4v) is 2.52. The molecular weight excluding hydrogens is 247 g/mol. The van der Waals surface area contributed by atoms with Crippen LogP contribution in [0.5, 0.6) is 0 Å². The Hall–Kier alpha value is -1.42. The summed E-state index contributed by atoms with van der Waals surface area (Å²) < 4.78 is 18.8. The first kappa shape index (κ1) is 14.0. The van der Waals surface area contributed by atoms with Crippen LogP contribution in [0.4, 0.5) is 4.39 Å². The maximum atomic E-state index is 13.2. The molecule has 1 N–H and O–H groups in total. The van der Waals surface area contributed by atoms with Crippen LogP contribution in [0.25, 0.3) is 0 Å². The number of ether oxygens (including phenoxy) is 1. The van der Waals surface area contributed by atoms with Crippen LogP contribution >= 0.6 is 0 Å². The van der Waals surface area contributed by atoms with E-state index in [9.17, 15) is 9.18 Å². The molecule has 1 saturated carbocycles. The second-order valence-electron chi connectivity index (χ2n) is 5.14. The molecule has 1 aromatic rings. The number of carboxylic acids is 1. The first-order valence-corrected chi connectivity index (χ1v) is 6.76. The van der Waals surface area contributed by atoms with Crippen LogP contribution in [-0.2, 0) is 11.3 Å². The van der Waals surface area contributed by atoms with Crippen LogP contribution < -0.4 is 0 Å². The zero-order chi connectivity index (χ0) is 13.7. The first-order chi connectivity index (χ1) is 9.16. The van der Waals surface area contributed by atoms with Gasteiger partial charge in [-0.05, 0) is 36.5 Å². The zero-order valence-electron chi connectivity index (χ0n) is 10.9. The molecule has 0 unspecified atom stereocenters. The SMILES string of the molecule is O=C(O)c1cc(COCC2CCCCC2)ccc1F. The summed E-state index contributed by atoms with van der Waals surface area (Å²) in [6.45, 7) is 1.05. The molecule has 2 rings (SSSR count). The fourth-order valence-electron chi connectivity index (χ4n) is 2.52. The molecule has 0 amide bonds. The van der Waals surface area contributed by atoms with E-state index in [-0.39, 0.29) is 5.56 Å². The van der Waals surface area contributed by atoms with Gasteiger partial charge in [0, 0.05) is 6.61 Å². The molecule has 0 heterocycles. The van der Waals surface area contributed by atoms with Gasteiger partial charge in [0.25, 0.3) is 0 Å². The van der Waals surface area contributed by atoms with Crippen LogP contribution in [0.2, 0.25) is 0 Å². The quantitative estimate of drug-likeness (QED) is 0.885. The van der Waals surface area contributed by atoms with E-state index in [4.69, 9.17) is 9.84 Å². The number of halogens is 1. The van der Waals surface area contributed by atoms with E-state index in [2.05, 4.69) is 0 Å².